The van der Waals surface area contributed by atoms with Crippen molar-refractivity contribution in [2.24, 2.45) is 0 Å². The Hall–Kier alpha value is -1.30. The van der Waals surface area contributed by atoms with Gasteiger partial charge < -0.3 is 15.3 Å². The molecular weight excluding hydrogens is 214 g/mol. The largest absolute Gasteiger partial charge is 0.480 e. The Morgan fingerprint density at radius 2 is 2.06 bits per heavy atom. The Morgan fingerprint density at radius 1 is 1.44 bits per heavy atom. The molecule has 0 aromatic rings. The number of hydrogen-bond donors (Lipinski definition) is 3. The second kappa shape index (κ2) is 4.69. The summed E-state index contributed by atoms with van der Waals surface area (Å²) in [5.41, 5.74) is -1.04. The smallest absolute Gasteiger partial charge is 0.408 e. The van der Waals surface area contributed by atoms with E-state index in [1.165, 1.54) is 0 Å². The second-order valence-corrected chi connectivity index (χ2v) is 4.26. The number of piperidine rings is 1. The first-order valence-corrected chi connectivity index (χ1v) is 5.34. The lowest BCUT2D eigenvalue weighted by Gasteiger charge is -2.40. The van der Waals surface area contributed by atoms with Gasteiger partial charge in [-0.05, 0) is 12.8 Å². The monoisotopic (exact) mass is 231 g/mol. The number of hydrogen-bond acceptors (Lipinski definition) is 3. The molecule has 0 saturated carbocycles. The molecule has 0 aromatic heterocycles. The molecule has 0 radical (unpaired) electrons. The Labute approximate surface area is 93.5 Å². The molecule has 16 heavy (non-hydrogen) atoms. The van der Waals surface area contributed by atoms with Gasteiger partial charge in [-0.2, -0.15) is 0 Å². The van der Waals surface area contributed by atoms with Crippen molar-refractivity contribution >= 4 is 12.1 Å². The van der Waals surface area contributed by atoms with E-state index >= 15 is 0 Å². The van der Waals surface area contributed by atoms with Gasteiger partial charge in [-0.15, -0.1) is 0 Å². The van der Waals surface area contributed by atoms with Crippen LogP contribution in [0.4, 0.5) is 4.79 Å². The van der Waals surface area contributed by atoms with E-state index in [4.69, 9.17) is 10.2 Å². The van der Waals surface area contributed by atoms with Crippen molar-refractivity contribution in [3.63, 3.8) is 0 Å². The van der Waals surface area contributed by atoms with Crippen molar-refractivity contribution in [3.05, 3.63) is 0 Å². The fourth-order valence-corrected chi connectivity index (χ4v) is 2.20. The molecule has 92 valence electrons. The molecule has 1 rings (SSSR count). The molecule has 3 N–H and O–H groups in total. The number of amides is 1. The minimum atomic E-state index is -1.24. The summed E-state index contributed by atoms with van der Waals surface area (Å²) in [5, 5.41) is 27.9. The van der Waals surface area contributed by atoms with E-state index in [2.05, 4.69) is 0 Å². The molecule has 1 heterocycles. The SMILES string of the molecule is CCCC1(O)CCN(C(=O)O)C(C(=O)O)C1. The fraction of sp³-hybridized carbons (Fsp3) is 0.800. The maximum atomic E-state index is 10.9. The van der Waals surface area contributed by atoms with Gasteiger partial charge in [0.25, 0.3) is 0 Å². The van der Waals surface area contributed by atoms with Crippen LogP contribution in [0.1, 0.15) is 32.6 Å². The molecule has 0 aliphatic carbocycles. The summed E-state index contributed by atoms with van der Waals surface area (Å²) < 4.78 is 0. The summed E-state index contributed by atoms with van der Waals surface area (Å²) in [7, 11) is 0. The molecule has 2 atom stereocenters. The Morgan fingerprint density at radius 3 is 2.50 bits per heavy atom. The zero-order chi connectivity index (χ0) is 12.3. The highest BCUT2D eigenvalue weighted by Crippen LogP contribution is 2.30. The van der Waals surface area contributed by atoms with Crippen LogP contribution in [-0.4, -0.2) is 50.5 Å². The summed E-state index contributed by atoms with van der Waals surface area (Å²) in [4.78, 5) is 22.6. The molecular formula is C10H17NO5. The summed E-state index contributed by atoms with van der Waals surface area (Å²) in [6.07, 6.45) is 0.283. The van der Waals surface area contributed by atoms with Crippen LogP contribution in [0.25, 0.3) is 0 Å². The number of carboxylic acids is 1. The van der Waals surface area contributed by atoms with E-state index < -0.39 is 23.7 Å². The maximum Gasteiger partial charge on any atom is 0.408 e. The average Bonchev–Trinajstić information content (AvgIpc) is 2.16. The van der Waals surface area contributed by atoms with Crippen molar-refractivity contribution in [2.75, 3.05) is 6.54 Å². The highest BCUT2D eigenvalue weighted by Gasteiger charge is 2.42. The number of likely N-dealkylation sites (tertiary alicyclic amines) is 1. The molecule has 2 unspecified atom stereocenters. The fourth-order valence-electron chi connectivity index (χ4n) is 2.20. The molecule has 0 spiro atoms. The summed E-state index contributed by atoms with van der Waals surface area (Å²) in [6.45, 7) is 1.97. The molecule has 6 heteroatoms. The highest BCUT2D eigenvalue weighted by atomic mass is 16.4. The number of nitrogens with zero attached hydrogens (tertiary/aromatic N) is 1. The van der Waals surface area contributed by atoms with Gasteiger partial charge in [0.05, 0.1) is 5.60 Å². The van der Waals surface area contributed by atoms with E-state index in [1.54, 1.807) is 0 Å². The quantitative estimate of drug-likeness (QED) is 0.665. The molecule has 1 aliphatic heterocycles. The van der Waals surface area contributed by atoms with Crippen LogP contribution in [-0.2, 0) is 4.79 Å². The Bertz CT molecular complexity index is 293. The summed E-state index contributed by atoms with van der Waals surface area (Å²) >= 11 is 0. The van der Waals surface area contributed by atoms with Crippen LogP contribution in [0.2, 0.25) is 0 Å². The van der Waals surface area contributed by atoms with Gasteiger partial charge in [0.1, 0.15) is 6.04 Å². The van der Waals surface area contributed by atoms with E-state index in [1.807, 2.05) is 6.92 Å². The van der Waals surface area contributed by atoms with Gasteiger partial charge in [-0.3, -0.25) is 4.90 Å². The van der Waals surface area contributed by atoms with E-state index in [0.717, 1.165) is 11.3 Å². The van der Waals surface area contributed by atoms with Crippen molar-refractivity contribution in [2.45, 2.75) is 44.2 Å². The predicted octanol–water partition coefficient (Wildman–Crippen LogP) is 0.745. The minimum absolute atomic E-state index is 0.0253. The maximum absolute atomic E-state index is 10.9. The van der Waals surface area contributed by atoms with Crippen molar-refractivity contribution in [1.29, 1.82) is 0 Å². The summed E-state index contributed by atoms with van der Waals surface area (Å²) in [6, 6.07) is -1.14. The molecule has 1 fully saturated rings. The predicted molar refractivity (Wildman–Crippen MR) is 55.2 cm³/mol. The third kappa shape index (κ3) is 2.63. The second-order valence-electron chi connectivity index (χ2n) is 4.26. The lowest BCUT2D eigenvalue weighted by molar-refractivity contribution is -0.149. The zero-order valence-electron chi connectivity index (χ0n) is 9.22. The first kappa shape index (κ1) is 12.8. The van der Waals surface area contributed by atoms with Crippen LogP contribution < -0.4 is 0 Å². The third-order valence-electron chi connectivity index (χ3n) is 3.01. The molecule has 0 aromatic carbocycles. The normalized spacial score (nSPS) is 30.1. The van der Waals surface area contributed by atoms with Crippen molar-refractivity contribution in [3.8, 4) is 0 Å². The highest BCUT2D eigenvalue weighted by molar-refractivity contribution is 5.79. The first-order chi connectivity index (χ1) is 7.39. The lowest BCUT2D eigenvalue weighted by atomic mass is 9.83. The third-order valence-corrected chi connectivity index (χ3v) is 3.01. The van der Waals surface area contributed by atoms with Gasteiger partial charge in [0.15, 0.2) is 0 Å². The van der Waals surface area contributed by atoms with E-state index in [9.17, 15) is 14.7 Å². The number of aliphatic hydroxyl groups is 1. The minimum Gasteiger partial charge on any atom is -0.480 e. The van der Waals surface area contributed by atoms with Crippen LogP contribution in [0.5, 0.6) is 0 Å². The van der Waals surface area contributed by atoms with Crippen LogP contribution >= 0.6 is 0 Å². The average molecular weight is 231 g/mol. The summed E-state index contributed by atoms with van der Waals surface area (Å²) in [5.74, 6) is -1.20. The van der Waals surface area contributed by atoms with Crippen LogP contribution in [0.3, 0.4) is 0 Å². The molecule has 1 aliphatic rings. The van der Waals surface area contributed by atoms with Gasteiger partial charge in [-0.25, -0.2) is 9.59 Å². The standard InChI is InChI=1S/C10H17NO5/c1-2-3-10(16)4-5-11(9(14)15)7(6-10)8(12)13/h7,16H,2-6H2,1H3,(H,12,13)(H,14,15). The number of rotatable bonds is 3. The van der Waals surface area contributed by atoms with Gasteiger partial charge in [0, 0.05) is 13.0 Å². The van der Waals surface area contributed by atoms with E-state index in [-0.39, 0.29) is 13.0 Å². The Balaban J connectivity index is 2.80. The van der Waals surface area contributed by atoms with Gasteiger partial charge in [0.2, 0.25) is 0 Å². The topological polar surface area (TPSA) is 98.1 Å². The Kier molecular flexibility index (Phi) is 3.74. The zero-order valence-corrected chi connectivity index (χ0v) is 9.22. The number of carbonyl (C=O) groups is 2. The molecule has 0 bridgehead atoms. The number of aliphatic carboxylic acids is 1. The number of carboxylic acid groups (broad SMARTS) is 2. The van der Waals surface area contributed by atoms with Crippen LogP contribution in [0.15, 0.2) is 0 Å². The first-order valence-electron chi connectivity index (χ1n) is 5.34. The van der Waals surface area contributed by atoms with Gasteiger partial charge >= 0.3 is 12.1 Å². The molecule has 1 saturated heterocycles. The van der Waals surface area contributed by atoms with Crippen LogP contribution in [0, 0.1) is 0 Å². The van der Waals surface area contributed by atoms with Gasteiger partial charge in [-0.1, -0.05) is 13.3 Å². The molecule has 1 amide bonds. The lowest BCUT2D eigenvalue weighted by Crippen LogP contribution is -2.55. The van der Waals surface area contributed by atoms with Crippen molar-refractivity contribution in [1.82, 2.24) is 4.90 Å². The van der Waals surface area contributed by atoms with E-state index in [0.29, 0.717) is 12.8 Å². The van der Waals surface area contributed by atoms with Crippen molar-refractivity contribution < 1.29 is 24.9 Å². The molecule has 6 nitrogen and oxygen atoms in total.